The Kier molecular flexibility index (Phi) is 12.9. The molecule has 0 radical (unpaired) electrons. The van der Waals surface area contributed by atoms with Crippen molar-refractivity contribution in [3.63, 3.8) is 0 Å². The SMILES string of the molecule is CSCCC(N)C(=O)NC(C(=O)NC(CC(=O)O)C(=O)NC(CC(=O)O)C(=O)O)C(C)O. The fourth-order valence-corrected chi connectivity index (χ4v) is 2.82. The van der Waals surface area contributed by atoms with Gasteiger partial charge < -0.3 is 42.1 Å². The summed E-state index contributed by atoms with van der Waals surface area (Å²) >= 11 is 1.44. The molecule has 14 nitrogen and oxygen atoms in total. The van der Waals surface area contributed by atoms with Gasteiger partial charge >= 0.3 is 17.9 Å². The number of aliphatic hydroxyl groups is 1. The van der Waals surface area contributed by atoms with Crippen molar-refractivity contribution >= 4 is 47.4 Å². The lowest BCUT2D eigenvalue weighted by Crippen LogP contribution is -2.60. The second-order valence-corrected chi connectivity index (χ2v) is 7.76. The zero-order valence-corrected chi connectivity index (χ0v) is 18.3. The van der Waals surface area contributed by atoms with Gasteiger partial charge in [0.05, 0.1) is 25.0 Å². The molecule has 9 N–H and O–H groups in total. The summed E-state index contributed by atoms with van der Waals surface area (Å²) in [5.74, 6) is -7.36. The minimum Gasteiger partial charge on any atom is -0.481 e. The molecule has 0 aromatic carbocycles. The number of amides is 3. The number of thioether (sulfide) groups is 1. The highest BCUT2D eigenvalue weighted by atomic mass is 32.2. The average molecular weight is 480 g/mol. The number of carbonyl (C=O) groups excluding carboxylic acids is 3. The number of hydrogen-bond donors (Lipinski definition) is 8. The summed E-state index contributed by atoms with van der Waals surface area (Å²) in [6, 6.07) is -6.28. The molecule has 0 saturated carbocycles. The van der Waals surface area contributed by atoms with Gasteiger partial charge in [0.2, 0.25) is 17.7 Å². The van der Waals surface area contributed by atoms with E-state index in [-0.39, 0.29) is 6.42 Å². The van der Waals surface area contributed by atoms with Crippen LogP contribution in [0.15, 0.2) is 0 Å². The van der Waals surface area contributed by atoms with Crippen LogP contribution in [0.2, 0.25) is 0 Å². The molecule has 0 spiro atoms. The van der Waals surface area contributed by atoms with Crippen molar-refractivity contribution < 1.29 is 49.2 Å². The number of hydrogen-bond acceptors (Lipinski definition) is 9. The summed E-state index contributed by atoms with van der Waals surface area (Å²) < 4.78 is 0. The average Bonchev–Trinajstić information content (AvgIpc) is 2.67. The highest BCUT2D eigenvalue weighted by molar-refractivity contribution is 7.98. The fourth-order valence-electron chi connectivity index (χ4n) is 2.33. The van der Waals surface area contributed by atoms with Crippen molar-refractivity contribution in [1.82, 2.24) is 16.0 Å². The molecule has 0 bridgehead atoms. The van der Waals surface area contributed by atoms with Gasteiger partial charge in [-0.2, -0.15) is 11.8 Å². The first-order valence-corrected chi connectivity index (χ1v) is 10.7. The standard InChI is InChI=1S/C17H28N4O10S/c1-7(22)13(21-14(27)8(18)3-4-32-2)16(29)19-9(5-11(23)24)15(28)20-10(17(30)31)6-12(25)26/h7-10,13,22H,3-6,18H2,1-2H3,(H,19,29)(H,20,28)(H,21,27)(H,23,24)(H,25,26)(H,30,31). The smallest absolute Gasteiger partial charge is 0.326 e. The van der Waals surface area contributed by atoms with Gasteiger partial charge in [0.25, 0.3) is 0 Å². The summed E-state index contributed by atoms with van der Waals surface area (Å²) in [5, 5.41) is 42.7. The zero-order valence-electron chi connectivity index (χ0n) is 17.4. The minimum absolute atomic E-state index is 0.283. The number of carboxylic acids is 3. The monoisotopic (exact) mass is 480 g/mol. The molecule has 0 saturated heterocycles. The van der Waals surface area contributed by atoms with Crippen molar-refractivity contribution in [3.05, 3.63) is 0 Å². The van der Waals surface area contributed by atoms with E-state index < -0.39 is 78.7 Å². The molecule has 5 unspecified atom stereocenters. The summed E-state index contributed by atoms with van der Waals surface area (Å²) in [6.07, 6.45) is -1.35. The molecule has 0 aromatic heterocycles. The van der Waals surface area contributed by atoms with Crippen LogP contribution < -0.4 is 21.7 Å². The van der Waals surface area contributed by atoms with E-state index in [0.29, 0.717) is 5.75 Å². The molecule has 0 aromatic rings. The Hall–Kier alpha value is -2.91. The molecule has 5 atom stereocenters. The van der Waals surface area contributed by atoms with Gasteiger partial charge in [0, 0.05) is 0 Å². The maximum Gasteiger partial charge on any atom is 0.326 e. The third kappa shape index (κ3) is 10.9. The molecule has 0 aliphatic rings. The zero-order chi connectivity index (χ0) is 25.0. The molecule has 32 heavy (non-hydrogen) atoms. The van der Waals surface area contributed by atoms with Gasteiger partial charge in [0.15, 0.2) is 0 Å². The first kappa shape index (κ1) is 29.1. The van der Waals surface area contributed by atoms with E-state index >= 15 is 0 Å². The van der Waals surface area contributed by atoms with Crippen LogP contribution in [0.25, 0.3) is 0 Å². The summed E-state index contributed by atoms with van der Waals surface area (Å²) in [6.45, 7) is 1.16. The lowest BCUT2D eigenvalue weighted by Gasteiger charge is -2.25. The maximum atomic E-state index is 12.5. The van der Waals surface area contributed by atoms with Crippen molar-refractivity contribution in [2.24, 2.45) is 5.73 Å². The Bertz CT molecular complexity index is 717. The number of aliphatic hydroxyl groups excluding tert-OH is 1. The van der Waals surface area contributed by atoms with Gasteiger partial charge in [-0.05, 0) is 25.4 Å². The van der Waals surface area contributed by atoms with Crippen LogP contribution in [0.5, 0.6) is 0 Å². The van der Waals surface area contributed by atoms with Gasteiger partial charge in [-0.3, -0.25) is 24.0 Å². The van der Waals surface area contributed by atoms with Gasteiger partial charge in [-0.15, -0.1) is 0 Å². The van der Waals surface area contributed by atoms with Crippen LogP contribution in [0.4, 0.5) is 0 Å². The van der Waals surface area contributed by atoms with Gasteiger partial charge in [-0.25, -0.2) is 4.79 Å². The minimum atomic E-state index is -1.88. The molecule has 182 valence electrons. The Morgan fingerprint density at radius 2 is 1.34 bits per heavy atom. The number of aliphatic carboxylic acids is 3. The molecular weight excluding hydrogens is 452 g/mol. The largest absolute Gasteiger partial charge is 0.481 e. The van der Waals surface area contributed by atoms with E-state index in [1.807, 2.05) is 10.6 Å². The number of nitrogens with two attached hydrogens (primary N) is 1. The quantitative estimate of drug-likeness (QED) is 0.116. The molecule has 3 amide bonds. The number of nitrogens with one attached hydrogen (secondary N) is 3. The molecule has 0 rings (SSSR count). The van der Waals surface area contributed by atoms with Crippen LogP contribution in [-0.2, 0) is 28.8 Å². The van der Waals surface area contributed by atoms with Gasteiger partial charge in [0.1, 0.15) is 18.1 Å². The predicted molar refractivity (Wildman–Crippen MR) is 111 cm³/mol. The van der Waals surface area contributed by atoms with Crippen LogP contribution in [-0.4, -0.2) is 98.3 Å². The van der Waals surface area contributed by atoms with E-state index in [4.69, 9.17) is 21.1 Å². The Labute approximate surface area is 187 Å². The number of rotatable bonds is 15. The number of carboxylic acid groups (broad SMARTS) is 3. The van der Waals surface area contributed by atoms with E-state index in [9.17, 15) is 33.9 Å². The fraction of sp³-hybridized carbons (Fsp3) is 0.647. The third-order valence-electron chi connectivity index (χ3n) is 4.04. The maximum absolute atomic E-state index is 12.5. The summed E-state index contributed by atoms with van der Waals surface area (Å²) in [4.78, 5) is 70.0. The highest BCUT2D eigenvalue weighted by Gasteiger charge is 2.33. The molecule has 0 aliphatic heterocycles. The first-order chi connectivity index (χ1) is 14.8. The van der Waals surface area contributed by atoms with Crippen LogP contribution in [0, 0.1) is 0 Å². The molecule has 0 heterocycles. The van der Waals surface area contributed by atoms with Crippen LogP contribution in [0.3, 0.4) is 0 Å². The van der Waals surface area contributed by atoms with Crippen LogP contribution >= 0.6 is 11.8 Å². The number of carbonyl (C=O) groups is 6. The van der Waals surface area contributed by atoms with E-state index in [2.05, 4.69) is 5.32 Å². The highest BCUT2D eigenvalue weighted by Crippen LogP contribution is 2.03. The van der Waals surface area contributed by atoms with Crippen LogP contribution in [0.1, 0.15) is 26.2 Å². The molecule has 0 aliphatic carbocycles. The lowest BCUT2D eigenvalue weighted by atomic mass is 10.1. The first-order valence-electron chi connectivity index (χ1n) is 9.30. The lowest BCUT2D eigenvalue weighted by molar-refractivity contribution is -0.148. The van der Waals surface area contributed by atoms with E-state index in [1.54, 1.807) is 6.26 Å². The van der Waals surface area contributed by atoms with Crippen molar-refractivity contribution in [3.8, 4) is 0 Å². The summed E-state index contributed by atoms with van der Waals surface area (Å²) in [7, 11) is 0. The normalized spacial score (nSPS) is 15.4. The molecule has 0 fully saturated rings. The Morgan fingerprint density at radius 3 is 1.78 bits per heavy atom. The third-order valence-corrected chi connectivity index (χ3v) is 4.68. The van der Waals surface area contributed by atoms with E-state index in [1.165, 1.54) is 11.8 Å². The molecular formula is C17H28N4O10S. The van der Waals surface area contributed by atoms with E-state index in [0.717, 1.165) is 6.92 Å². The predicted octanol–water partition coefficient (Wildman–Crippen LogP) is -3.06. The second kappa shape index (κ2) is 14.2. The Morgan fingerprint density at radius 1 is 0.844 bits per heavy atom. The van der Waals surface area contributed by atoms with Crippen molar-refractivity contribution in [2.75, 3.05) is 12.0 Å². The second-order valence-electron chi connectivity index (χ2n) is 6.77. The van der Waals surface area contributed by atoms with Crippen molar-refractivity contribution in [1.29, 1.82) is 0 Å². The topological polar surface area (TPSA) is 245 Å². The van der Waals surface area contributed by atoms with Gasteiger partial charge in [-0.1, -0.05) is 0 Å². The Balaban J connectivity index is 5.42. The summed E-state index contributed by atoms with van der Waals surface area (Å²) in [5.41, 5.74) is 5.71. The molecule has 15 heteroatoms. The van der Waals surface area contributed by atoms with Crippen molar-refractivity contribution in [2.45, 2.75) is 56.5 Å².